The summed E-state index contributed by atoms with van der Waals surface area (Å²) in [5.74, 6) is 0.204. The van der Waals surface area contributed by atoms with Crippen LogP contribution in [0.5, 0.6) is 0 Å². The molecule has 0 saturated carbocycles. The molecule has 30 heavy (non-hydrogen) atoms. The van der Waals surface area contributed by atoms with Crippen molar-refractivity contribution in [2.45, 2.75) is 58.9 Å². The highest BCUT2D eigenvalue weighted by molar-refractivity contribution is 6.03. The van der Waals surface area contributed by atoms with Crippen molar-refractivity contribution in [2.24, 2.45) is 0 Å². The van der Waals surface area contributed by atoms with Gasteiger partial charge in [-0.05, 0) is 55.0 Å². The first-order valence-electron chi connectivity index (χ1n) is 10.6. The zero-order chi connectivity index (χ0) is 21.5. The zero-order valence-corrected chi connectivity index (χ0v) is 17.7. The average molecular weight is 408 g/mol. The van der Waals surface area contributed by atoms with Gasteiger partial charge in [0.05, 0.1) is 11.4 Å². The lowest BCUT2D eigenvalue weighted by atomic mass is 10.0. The second kappa shape index (κ2) is 10.1. The number of nitrogens with one attached hydrogen (secondary N) is 2. The van der Waals surface area contributed by atoms with E-state index in [1.54, 1.807) is 30.5 Å². The fourth-order valence-corrected chi connectivity index (χ4v) is 3.48. The first kappa shape index (κ1) is 21.6. The van der Waals surface area contributed by atoms with E-state index in [9.17, 15) is 9.59 Å². The molecule has 0 saturated heterocycles. The fourth-order valence-electron chi connectivity index (χ4n) is 3.48. The van der Waals surface area contributed by atoms with Crippen LogP contribution in [0.4, 0.5) is 5.82 Å². The summed E-state index contributed by atoms with van der Waals surface area (Å²) in [5, 5.41) is 10.9. The molecule has 1 aliphatic rings. The number of pyridine rings is 2. The Morgan fingerprint density at radius 1 is 1.13 bits per heavy atom. The Hall–Kier alpha value is -3.09. The molecule has 158 valence electrons. The molecule has 2 amide bonds. The van der Waals surface area contributed by atoms with Gasteiger partial charge >= 0.3 is 0 Å². The van der Waals surface area contributed by atoms with Crippen molar-refractivity contribution in [3.63, 3.8) is 0 Å². The van der Waals surface area contributed by atoms with Gasteiger partial charge in [-0.25, -0.2) is 4.98 Å². The molecule has 2 aromatic rings. The van der Waals surface area contributed by atoms with Crippen molar-refractivity contribution in [3.05, 3.63) is 53.0 Å². The number of amides is 2. The maximum atomic E-state index is 12.7. The summed E-state index contributed by atoms with van der Waals surface area (Å²) >= 11 is 0. The quantitative estimate of drug-likeness (QED) is 0.647. The first-order valence-corrected chi connectivity index (χ1v) is 10.6. The lowest BCUT2D eigenvalue weighted by molar-refractivity contribution is -0.132. The monoisotopic (exact) mass is 407 g/mol. The Bertz CT molecular complexity index is 941. The van der Waals surface area contributed by atoms with E-state index in [1.165, 1.54) is 0 Å². The van der Waals surface area contributed by atoms with Crippen molar-refractivity contribution < 1.29 is 9.59 Å². The van der Waals surface area contributed by atoms with Gasteiger partial charge in [0.1, 0.15) is 11.5 Å². The summed E-state index contributed by atoms with van der Waals surface area (Å²) in [6.07, 6.45) is 6.48. The first-order chi connectivity index (χ1) is 14.5. The van der Waals surface area contributed by atoms with Gasteiger partial charge in [-0.2, -0.15) is 0 Å². The van der Waals surface area contributed by atoms with Crippen LogP contribution < -0.4 is 5.32 Å². The number of carbonyl (C=O) groups excluding carboxylic acids is 2. The Morgan fingerprint density at radius 2 is 1.97 bits per heavy atom. The van der Waals surface area contributed by atoms with Gasteiger partial charge < -0.3 is 15.6 Å². The standard InChI is InChI=1S/C23H29N5O2/c1-3-5-8-18(24)19-9-6-10-21(26-19)27-23(30)20-13-17-15-28(22(29)7-4-2)12-11-16(17)14-25-20/h6,9-10,13-14,24H,3-5,7-8,11-12,15H2,1-2H3,(H,26,27,30). The van der Waals surface area contributed by atoms with E-state index in [1.807, 2.05) is 11.8 Å². The highest BCUT2D eigenvalue weighted by Crippen LogP contribution is 2.20. The van der Waals surface area contributed by atoms with Crippen LogP contribution in [0.1, 0.15) is 73.3 Å². The summed E-state index contributed by atoms with van der Waals surface area (Å²) in [7, 11) is 0. The van der Waals surface area contributed by atoms with Crippen molar-refractivity contribution in [2.75, 3.05) is 11.9 Å². The van der Waals surface area contributed by atoms with Crippen molar-refractivity contribution in [1.29, 1.82) is 5.41 Å². The van der Waals surface area contributed by atoms with Gasteiger partial charge in [0.2, 0.25) is 5.91 Å². The van der Waals surface area contributed by atoms with E-state index in [4.69, 9.17) is 5.41 Å². The fraction of sp³-hybridized carbons (Fsp3) is 0.435. The van der Waals surface area contributed by atoms with E-state index in [0.29, 0.717) is 48.8 Å². The van der Waals surface area contributed by atoms with Crippen molar-refractivity contribution in [3.8, 4) is 0 Å². The maximum Gasteiger partial charge on any atom is 0.275 e. The highest BCUT2D eigenvalue weighted by atomic mass is 16.2. The molecular weight excluding hydrogens is 378 g/mol. The molecule has 0 aromatic carbocycles. The SMILES string of the molecule is CCCCC(=N)c1cccc(NC(=O)c2cc3c(cn2)CCN(C(=O)CCC)C3)n1. The number of aromatic nitrogens is 2. The van der Waals surface area contributed by atoms with Gasteiger partial charge in [-0.15, -0.1) is 0 Å². The average Bonchev–Trinajstić information content (AvgIpc) is 2.77. The van der Waals surface area contributed by atoms with E-state index in [-0.39, 0.29) is 11.8 Å². The predicted octanol–water partition coefficient (Wildman–Crippen LogP) is 3.97. The molecule has 7 heteroatoms. The number of hydrogen-bond donors (Lipinski definition) is 2. The van der Waals surface area contributed by atoms with Crippen LogP contribution in [0, 0.1) is 5.41 Å². The minimum Gasteiger partial charge on any atom is -0.338 e. The minimum atomic E-state index is -0.348. The van der Waals surface area contributed by atoms with Gasteiger partial charge in [0, 0.05) is 25.7 Å². The summed E-state index contributed by atoms with van der Waals surface area (Å²) < 4.78 is 0. The van der Waals surface area contributed by atoms with Crippen molar-refractivity contribution >= 4 is 23.3 Å². The molecule has 0 radical (unpaired) electrons. The largest absolute Gasteiger partial charge is 0.338 e. The highest BCUT2D eigenvalue weighted by Gasteiger charge is 2.22. The topological polar surface area (TPSA) is 99.0 Å². The molecule has 0 bridgehead atoms. The zero-order valence-electron chi connectivity index (χ0n) is 17.7. The third-order valence-corrected chi connectivity index (χ3v) is 5.22. The predicted molar refractivity (Wildman–Crippen MR) is 117 cm³/mol. The molecule has 2 aromatic heterocycles. The lowest BCUT2D eigenvalue weighted by Crippen LogP contribution is -2.36. The molecule has 0 fully saturated rings. The van der Waals surface area contributed by atoms with Crippen LogP contribution in [0.3, 0.4) is 0 Å². The lowest BCUT2D eigenvalue weighted by Gasteiger charge is -2.29. The number of rotatable bonds is 8. The van der Waals surface area contributed by atoms with Gasteiger partial charge in [0.25, 0.3) is 5.91 Å². The molecule has 0 aliphatic carbocycles. The molecule has 0 unspecified atom stereocenters. The summed E-state index contributed by atoms with van der Waals surface area (Å²) in [6, 6.07) is 7.05. The van der Waals surface area contributed by atoms with Crippen LogP contribution in [0.25, 0.3) is 0 Å². The number of hydrogen-bond acceptors (Lipinski definition) is 5. The summed E-state index contributed by atoms with van der Waals surface area (Å²) in [6.45, 7) is 5.29. The van der Waals surface area contributed by atoms with Crippen LogP contribution in [-0.4, -0.2) is 38.9 Å². The Balaban J connectivity index is 1.70. The Kier molecular flexibility index (Phi) is 7.27. The van der Waals surface area contributed by atoms with Crippen molar-refractivity contribution in [1.82, 2.24) is 14.9 Å². The number of unbranched alkanes of at least 4 members (excludes halogenated alkanes) is 1. The van der Waals surface area contributed by atoms with Crippen LogP contribution in [0.15, 0.2) is 30.5 Å². The smallest absolute Gasteiger partial charge is 0.275 e. The van der Waals surface area contributed by atoms with Gasteiger partial charge in [-0.3, -0.25) is 14.6 Å². The van der Waals surface area contributed by atoms with E-state index >= 15 is 0 Å². The van der Waals surface area contributed by atoms with Crippen LogP contribution in [-0.2, 0) is 17.8 Å². The minimum absolute atomic E-state index is 0.150. The molecule has 0 spiro atoms. The van der Waals surface area contributed by atoms with E-state index < -0.39 is 0 Å². The van der Waals surface area contributed by atoms with Crippen LogP contribution in [0.2, 0.25) is 0 Å². The summed E-state index contributed by atoms with van der Waals surface area (Å²) in [5.41, 5.74) is 3.39. The maximum absolute atomic E-state index is 12.7. The third kappa shape index (κ3) is 5.28. The Labute approximate surface area is 177 Å². The third-order valence-electron chi connectivity index (χ3n) is 5.22. The molecular formula is C23H29N5O2. The second-order valence-electron chi connectivity index (χ2n) is 7.60. The number of nitrogens with zero attached hydrogens (tertiary/aromatic N) is 3. The molecule has 0 atom stereocenters. The molecule has 3 heterocycles. The number of fused-ring (bicyclic) bond motifs is 1. The Morgan fingerprint density at radius 3 is 2.73 bits per heavy atom. The van der Waals surface area contributed by atoms with Crippen LogP contribution >= 0.6 is 0 Å². The molecule has 1 aliphatic heterocycles. The molecule has 3 rings (SSSR count). The van der Waals surface area contributed by atoms with E-state index in [2.05, 4.69) is 22.2 Å². The number of anilines is 1. The van der Waals surface area contributed by atoms with Gasteiger partial charge in [-0.1, -0.05) is 26.3 Å². The van der Waals surface area contributed by atoms with Gasteiger partial charge in [0.15, 0.2) is 0 Å². The molecule has 2 N–H and O–H groups in total. The number of carbonyl (C=O) groups is 2. The second-order valence-corrected chi connectivity index (χ2v) is 7.60. The normalized spacial score (nSPS) is 12.9. The summed E-state index contributed by atoms with van der Waals surface area (Å²) in [4.78, 5) is 35.5. The van der Waals surface area contributed by atoms with E-state index in [0.717, 1.165) is 36.8 Å². The molecule has 7 nitrogen and oxygen atoms in total.